The van der Waals surface area contributed by atoms with E-state index in [1.54, 1.807) is 0 Å². The molecule has 1 aromatic heterocycles. The Morgan fingerprint density at radius 1 is 1.40 bits per heavy atom. The van der Waals surface area contributed by atoms with Gasteiger partial charge in [0.2, 0.25) is 5.13 Å². The zero-order valence-electron chi connectivity index (χ0n) is 9.49. The van der Waals surface area contributed by atoms with Crippen LogP contribution in [0.5, 0.6) is 0 Å². The average molecular weight is 228 g/mol. The first kappa shape index (κ1) is 12.4. The second-order valence-corrected chi connectivity index (χ2v) is 4.45. The fourth-order valence-electron chi connectivity index (χ4n) is 1.34. The Balaban J connectivity index is 2.30. The zero-order chi connectivity index (χ0) is 11.1. The van der Waals surface area contributed by atoms with Crippen molar-refractivity contribution in [1.82, 2.24) is 9.36 Å². The summed E-state index contributed by atoms with van der Waals surface area (Å²) in [4.78, 5) is 4.37. The van der Waals surface area contributed by atoms with Crippen LogP contribution in [-0.2, 0) is 6.42 Å². The van der Waals surface area contributed by atoms with E-state index in [0.29, 0.717) is 0 Å². The number of nitrogens with two attached hydrogens (primary N) is 1. The fraction of sp³-hybridized carbons (Fsp3) is 0.800. The van der Waals surface area contributed by atoms with Crippen molar-refractivity contribution >= 4 is 16.7 Å². The Hall–Kier alpha value is -0.680. The summed E-state index contributed by atoms with van der Waals surface area (Å²) in [6, 6.07) is 0.216. The van der Waals surface area contributed by atoms with Gasteiger partial charge in [0.15, 0.2) is 0 Å². The summed E-state index contributed by atoms with van der Waals surface area (Å²) in [6.45, 7) is 5.06. The Morgan fingerprint density at radius 3 is 2.87 bits per heavy atom. The molecule has 0 aliphatic heterocycles. The van der Waals surface area contributed by atoms with Gasteiger partial charge in [-0.2, -0.15) is 4.37 Å². The molecule has 0 amide bonds. The van der Waals surface area contributed by atoms with E-state index in [0.717, 1.165) is 43.2 Å². The van der Waals surface area contributed by atoms with E-state index in [9.17, 15) is 0 Å². The zero-order valence-corrected chi connectivity index (χ0v) is 10.3. The maximum atomic E-state index is 5.89. The Labute approximate surface area is 95.5 Å². The molecule has 0 bridgehead atoms. The number of aromatic nitrogens is 2. The van der Waals surface area contributed by atoms with Crippen LogP contribution in [-0.4, -0.2) is 21.9 Å². The lowest BCUT2D eigenvalue weighted by Gasteiger charge is -2.09. The number of aryl methyl sites for hydroxylation is 1. The van der Waals surface area contributed by atoms with E-state index in [4.69, 9.17) is 5.73 Å². The molecule has 0 spiro atoms. The summed E-state index contributed by atoms with van der Waals surface area (Å²) < 4.78 is 4.26. The third kappa shape index (κ3) is 4.57. The maximum Gasteiger partial charge on any atom is 0.202 e. The van der Waals surface area contributed by atoms with Crippen LogP contribution in [0.15, 0.2) is 0 Å². The molecule has 1 unspecified atom stereocenters. The SMILES string of the molecule is CCCc1nsc(NCC(N)CCC)n1. The summed E-state index contributed by atoms with van der Waals surface area (Å²) in [5.74, 6) is 0.939. The van der Waals surface area contributed by atoms with Gasteiger partial charge in [0.25, 0.3) is 0 Å². The smallest absolute Gasteiger partial charge is 0.202 e. The van der Waals surface area contributed by atoms with Crippen molar-refractivity contribution in [3.63, 3.8) is 0 Å². The van der Waals surface area contributed by atoms with Gasteiger partial charge in [-0.05, 0) is 12.8 Å². The lowest BCUT2D eigenvalue weighted by molar-refractivity contribution is 0.626. The quantitative estimate of drug-likeness (QED) is 0.749. The molecule has 0 aliphatic rings. The van der Waals surface area contributed by atoms with Crippen molar-refractivity contribution in [2.45, 2.75) is 45.6 Å². The van der Waals surface area contributed by atoms with Crippen LogP contribution in [0.2, 0.25) is 0 Å². The van der Waals surface area contributed by atoms with Gasteiger partial charge < -0.3 is 11.1 Å². The molecule has 1 atom stereocenters. The predicted molar refractivity (Wildman–Crippen MR) is 65.3 cm³/mol. The van der Waals surface area contributed by atoms with E-state index in [1.807, 2.05) is 0 Å². The van der Waals surface area contributed by atoms with Crippen molar-refractivity contribution in [3.05, 3.63) is 5.82 Å². The van der Waals surface area contributed by atoms with Gasteiger partial charge in [-0.1, -0.05) is 20.3 Å². The van der Waals surface area contributed by atoms with Crippen molar-refractivity contribution in [3.8, 4) is 0 Å². The van der Waals surface area contributed by atoms with Gasteiger partial charge in [-0.15, -0.1) is 0 Å². The first-order valence-corrected chi connectivity index (χ1v) is 6.35. The summed E-state index contributed by atoms with van der Waals surface area (Å²) in [6.07, 6.45) is 4.22. The molecule has 86 valence electrons. The van der Waals surface area contributed by atoms with Gasteiger partial charge in [-0.25, -0.2) is 4.98 Å². The molecule has 15 heavy (non-hydrogen) atoms. The second-order valence-electron chi connectivity index (χ2n) is 3.70. The fourth-order valence-corrected chi connectivity index (χ4v) is 1.96. The largest absolute Gasteiger partial charge is 0.359 e. The van der Waals surface area contributed by atoms with Gasteiger partial charge in [0, 0.05) is 30.5 Å². The lowest BCUT2D eigenvalue weighted by atomic mass is 10.2. The molecule has 0 saturated heterocycles. The van der Waals surface area contributed by atoms with E-state index >= 15 is 0 Å². The lowest BCUT2D eigenvalue weighted by Crippen LogP contribution is -2.28. The van der Waals surface area contributed by atoms with E-state index in [1.165, 1.54) is 11.5 Å². The highest BCUT2D eigenvalue weighted by Gasteiger charge is 2.05. The normalized spacial score (nSPS) is 12.7. The standard InChI is InChI=1S/C10H20N4S/c1-3-5-8(11)7-12-10-13-9(6-4-2)14-15-10/h8H,3-7,11H2,1-2H3,(H,12,13,14). The topological polar surface area (TPSA) is 63.8 Å². The monoisotopic (exact) mass is 228 g/mol. The molecule has 0 fully saturated rings. The summed E-state index contributed by atoms with van der Waals surface area (Å²) in [5.41, 5.74) is 5.89. The molecule has 4 nitrogen and oxygen atoms in total. The van der Waals surface area contributed by atoms with Crippen LogP contribution in [0.1, 0.15) is 38.9 Å². The minimum absolute atomic E-state index is 0.216. The van der Waals surface area contributed by atoms with Crippen LogP contribution in [0.3, 0.4) is 0 Å². The van der Waals surface area contributed by atoms with Gasteiger partial charge >= 0.3 is 0 Å². The number of nitrogens with one attached hydrogen (secondary N) is 1. The second kappa shape index (κ2) is 6.74. The first-order valence-electron chi connectivity index (χ1n) is 5.58. The molecule has 1 rings (SSSR count). The molecular formula is C10H20N4S. The molecule has 5 heteroatoms. The van der Waals surface area contributed by atoms with E-state index in [-0.39, 0.29) is 6.04 Å². The Kier molecular flexibility index (Phi) is 5.57. The highest BCUT2D eigenvalue weighted by molar-refractivity contribution is 7.09. The molecule has 0 aliphatic carbocycles. The highest BCUT2D eigenvalue weighted by Crippen LogP contribution is 2.12. The number of hydrogen-bond donors (Lipinski definition) is 2. The molecule has 1 aromatic rings. The number of hydrogen-bond acceptors (Lipinski definition) is 5. The molecule has 0 aromatic carbocycles. The van der Waals surface area contributed by atoms with Crippen LogP contribution < -0.4 is 11.1 Å². The van der Waals surface area contributed by atoms with Gasteiger partial charge in [0.05, 0.1) is 0 Å². The van der Waals surface area contributed by atoms with Crippen LogP contribution in [0, 0.1) is 0 Å². The molecular weight excluding hydrogens is 208 g/mol. The highest BCUT2D eigenvalue weighted by atomic mass is 32.1. The van der Waals surface area contributed by atoms with Crippen molar-refractivity contribution in [2.75, 3.05) is 11.9 Å². The third-order valence-corrected chi connectivity index (χ3v) is 2.83. The molecule has 0 radical (unpaired) electrons. The number of rotatable bonds is 7. The number of nitrogens with zero attached hydrogens (tertiary/aromatic N) is 2. The Bertz CT molecular complexity index is 274. The van der Waals surface area contributed by atoms with Crippen molar-refractivity contribution in [1.29, 1.82) is 0 Å². The minimum Gasteiger partial charge on any atom is -0.359 e. The minimum atomic E-state index is 0.216. The van der Waals surface area contributed by atoms with Gasteiger partial charge in [-0.3, -0.25) is 0 Å². The first-order chi connectivity index (χ1) is 7.26. The van der Waals surface area contributed by atoms with Crippen LogP contribution in [0.25, 0.3) is 0 Å². The maximum absolute atomic E-state index is 5.89. The van der Waals surface area contributed by atoms with Crippen LogP contribution in [0.4, 0.5) is 5.13 Å². The summed E-state index contributed by atoms with van der Waals surface area (Å²) >= 11 is 1.42. The van der Waals surface area contributed by atoms with Gasteiger partial charge in [0.1, 0.15) is 5.82 Å². The molecule has 0 saturated carbocycles. The van der Waals surface area contributed by atoms with E-state index < -0.39 is 0 Å². The summed E-state index contributed by atoms with van der Waals surface area (Å²) in [5, 5.41) is 4.12. The average Bonchev–Trinajstić information content (AvgIpc) is 2.64. The van der Waals surface area contributed by atoms with Crippen LogP contribution >= 0.6 is 11.5 Å². The van der Waals surface area contributed by atoms with Crippen molar-refractivity contribution in [2.24, 2.45) is 5.73 Å². The summed E-state index contributed by atoms with van der Waals surface area (Å²) in [7, 11) is 0. The number of anilines is 1. The third-order valence-electron chi connectivity index (χ3n) is 2.12. The Morgan fingerprint density at radius 2 is 2.20 bits per heavy atom. The molecule has 1 heterocycles. The predicted octanol–water partition coefficient (Wildman–Crippen LogP) is 2.03. The van der Waals surface area contributed by atoms with Crippen molar-refractivity contribution < 1.29 is 0 Å². The molecule has 3 N–H and O–H groups in total. The van der Waals surface area contributed by atoms with E-state index in [2.05, 4.69) is 28.5 Å².